The van der Waals surface area contributed by atoms with Crippen molar-refractivity contribution >= 4 is 12.0 Å². The first-order chi connectivity index (χ1) is 8.11. The molecule has 0 bridgehead atoms. The van der Waals surface area contributed by atoms with Crippen molar-refractivity contribution in [2.24, 2.45) is 11.8 Å². The van der Waals surface area contributed by atoms with Crippen molar-refractivity contribution in [3.8, 4) is 0 Å². The summed E-state index contributed by atoms with van der Waals surface area (Å²) in [6.45, 7) is 6.05. The highest BCUT2D eigenvalue weighted by atomic mass is 16.6. The molecule has 5 heteroatoms. The van der Waals surface area contributed by atoms with Crippen LogP contribution in [-0.2, 0) is 9.53 Å². The number of imide groups is 1. The Labute approximate surface area is 101 Å². The molecule has 5 nitrogen and oxygen atoms in total. The molecule has 1 aliphatic rings. The molecule has 0 aromatic rings. The monoisotopic (exact) mass is 241 g/mol. The minimum atomic E-state index is -0.580. The average Bonchev–Trinajstić information content (AvgIpc) is 2.71. The minimum absolute atomic E-state index is 0.0561. The maximum Gasteiger partial charge on any atom is 0.416 e. The van der Waals surface area contributed by atoms with Crippen LogP contribution in [0.4, 0.5) is 4.79 Å². The summed E-state index contributed by atoms with van der Waals surface area (Å²) >= 11 is 0. The fraction of sp³-hybridized carbons (Fsp3) is 0.667. The van der Waals surface area contributed by atoms with Gasteiger partial charge in [0, 0.05) is 12.5 Å². The summed E-state index contributed by atoms with van der Waals surface area (Å²) in [5, 5.41) is 9.00. The van der Waals surface area contributed by atoms with Crippen LogP contribution in [0.25, 0.3) is 0 Å². The van der Waals surface area contributed by atoms with Crippen molar-refractivity contribution in [2.45, 2.75) is 19.8 Å². The fourth-order valence-corrected chi connectivity index (χ4v) is 2.01. The number of cyclic esters (lactones) is 1. The molecule has 0 aromatic heterocycles. The van der Waals surface area contributed by atoms with E-state index in [1.165, 1.54) is 0 Å². The lowest BCUT2D eigenvalue weighted by atomic mass is 9.87. The number of ether oxygens (including phenoxy) is 1. The summed E-state index contributed by atoms with van der Waals surface area (Å²) in [7, 11) is 0. The Hall–Kier alpha value is -1.36. The molecule has 1 fully saturated rings. The maximum absolute atomic E-state index is 12.1. The number of nitrogens with zero attached hydrogens (tertiary/aromatic N) is 1. The van der Waals surface area contributed by atoms with Gasteiger partial charge in [0.05, 0.1) is 6.54 Å². The first kappa shape index (κ1) is 13.7. The molecule has 1 heterocycles. The third kappa shape index (κ3) is 3.30. The summed E-state index contributed by atoms with van der Waals surface area (Å²) in [6.07, 6.45) is 2.20. The van der Waals surface area contributed by atoms with Gasteiger partial charge in [0.2, 0.25) is 5.91 Å². The Morgan fingerprint density at radius 2 is 2.41 bits per heavy atom. The summed E-state index contributed by atoms with van der Waals surface area (Å²) < 4.78 is 4.74. The highest BCUT2D eigenvalue weighted by molar-refractivity contribution is 5.94. The van der Waals surface area contributed by atoms with Gasteiger partial charge in [0.1, 0.15) is 6.61 Å². The lowest BCUT2D eigenvalue weighted by Crippen LogP contribution is -2.39. The molecule has 96 valence electrons. The van der Waals surface area contributed by atoms with Crippen LogP contribution >= 0.6 is 0 Å². The number of amides is 2. The van der Waals surface area contributed by atoms with Crippen LogP contribution in [0.2, 0.25) is 0 Å². The van der Waals surface area contributed by atoms with Gasteiger partial charge in [0.15, 0.2) is 0 Å². The molecule has 0 spiro atoms. The topological polar surface area (TPSA) is 66.8 Å². The predicted octanol–water partition coefficient (Wildman–Crippen LogP) is 1.18. The number of hydrogen-bond acceptors (Lipinski definition) is 4. The normalized spacial score (nSPS) is 18.7. The Balaban J connectivity index is 2.71. The van der Waals surface area contributed by atoms with E-state index < -0.39 is 6.09 Å². The van der Waals surface area contributed by atoms with E-state index in [1.807, 2.05) is 6.92 Å². The first-order valence-electron chi connectivity index (χ1n) is 5.81. The summed E-state index contributed by atoms with van der Waals surface area (Å²) in [6, 6.07) is 0. The standard InChI is InChI=1S/C12H19NO4/c1-3-4-9(2)10(5-7-14)11(15)13-6-8-17-12(13)16/h3,9-10,14H,1,4-8H2,2H3. The summed E-state index contributed by atoms with van der Waals surface area (Å²) in [5.74, 6) is -0.555. The van der Waals surface area contributed by atoms with Crippen LogP contribution in [0.3, 0.4) is 0 Å². The molecule has 2 atom stereocenters. The number of hydrogen-bond donors (Lipinski definition) is 1. The van der Waals surface area contributed by atoms with Crippen molar-refractivity contribution in [3.63, 3.8) is 0 Å². The second kappa shape index (κ2) is 6.39. The van der Waals surface area contributed by atoms with E-state index in [0.717, 1.165) is 4.90 Å². The van der Waals surface area contributed by atoms with Gasteiger partial charge in [-0.1, -0.05) is 13.0 Å². The molecule has 0 aromatic carbocycles. The SMILES string of the molecule is C=CCC(C)C(CCO)C(=O)N1CCOC1=O. The van der Waals surface area contributed by atoms with Crippen molar-refractivity contribution in [3.05, 3.63) is 12.7 Å². The molecular weight excluding hydrogens is 222 g/mol. The zero-order valence-electron chi connectivity index (χ0n) is 10.1. The van der Waals surface area contributed by atoms with Crippen LogP contribution in [0, 0.1) is 11.8 Å². The van der Waals surface area contributed by atoms with Crippen molar-refractivity contribution < 1.29 is 19.4 Å². The molecule has 17 heavy (non-hydrogen) atoms. The molecule has 2 unspecified atom stereocenters. The van der Waals surface area contributed by atoms with Gasteiger partial charge in [0.25, 0.3) is 0 Å². The molecule has 1 N–H and O–H groups in total. The van der Waals surface area contributed by atoms with Crippen LogP contribution in [-0.4, -0.2) is 41.8 Å². The van der Waals surface area contributed by atoms with E-state index in [2.05, 4.69) is 6.58 Å². The number of rotatable bonds is 6. The molecule has 1 rings (SSSR count). The summed E-state index contributed by atoms with van der Waals surface area (Å²) in [4.78, 5) is 24.6. The molecule has 2 amide bonds. The largest absolute Gasteiger partial charge is 0.447 e. The Morgan fingerprint density at radius 1 is 1.71 bits per heavy atom. The van der Waals surface area contributed by atoms with Gasteiger partial charge in [-0.15, -0.1) is 6.58 Å². The fourth-order valence-electron chi connectivity index (χ4n) is 2.01. The highest BCUT2D eigenvalue weighted by Crippen LogP contribution is 2.23. The molecule has 1 saturated heterocycles. The number of allylic oxidation sites excluding steroid dienone is 1. The number of carbonyl (C=O) groups excluding carboxylic acids is 2. The number of aliphatic hydroxyl groups excluding tert-OH is 1. The Morgan fingerprint density at radius 3 is 2.88 bits per heavy atom. The van der Waals surface area contributed by atoms with Crippen molar-refractivity contribution in [1.82, 2.24) is 4.90 Å². The van der Waals surface area contributed by atoms with Gasteiger partial charge in [-0.2, -0.15) is 0 Å². The minimum Gasteiger partial charge on any atom is -0.447 e. The second-order valence-corrected chi connectivity index (χ2v) is 4.22. The van der Waals surface area contributed by atoms with Gasteiger partial charge in [-0.3, -0.25) is 4.79 Å². The zero-order valence-corrected chi connectivity index (χ0v) is 10.1. The third-order valence-electron chi connectivity index (χ3n) is 3.01. The van der Waals surface area contributed by atoms with Gasteiger partial charge < -0.3 is 9.84 Å². The van der Waals surface area contributed by atoms with Gasteiger partial charge in [-0.25, -0.2) is 9.69 Å². The third-order valence-corrected chi connectivity index (χ3v) is 3.01. The first-order valence-corrected chi connectivity index (χ1v) is 5.81. The van der Waals surface area contributed by atoms with E-state index in [0.29, 0.717) is 19.4 Å². The lowest BCUT2D eigenvalue weighted by molar-refractivity contribution is -0.134. The van der Waals surface area contributed by atoms with E-state index >= 15 is 0 Å². The quantitative estimate of drug-likeness (QED) is 0.709. The van der Waals surface area contributed by atoms with Crippen LogP contribution in [0.1, 0.15) is 19.8 Å². The van der Waals surface area contributed by atoms with Crippen LogP contribution in [0.5, 0.6) is 0 Å². The Bertz CT molecular complexity index is 303. The second-order valence-electron chi connectivity index (χ2n) is 4.22. The highest BCUT2D eigenvalue weighted by Gasteiger charge is 2.35. The van der Waals surface area contributed by atoms with Crippen molar-refractivity contribution in [2.75, 3.05) is 19.8 Å². The maximum atomic E-state index is 12.1. The number of carbonyl (C=O) groups is 2. The van der Waals surface area contributed by atoms with Gasteiger partial charge in [-0.05, 0) is 18.8 Å². The average molecular weight is 241 g/mol. The van der Waals surface area contributed by atoms with E-state index in [-0.39, 0.29) is 31.0 Å². The molecule has 0 aliphatic carbocycles. The van der Waals surface area contributed by atoms with Gasteiger partial charge >= 0.3 is 6.09 Å². The summed E-state index contributed by atoms with van der Waals surface area (Å²) in [5.41, 5.74) is 0. The molecular formula is C12H19NO4. The predicted molar refractivity (Wildman–Crippen MR) is 62.2 cm³/mol. The molecule has 1 aliphatic heterocycles. The van der Waals surface area contributed by atoms with E-state index in [9.17, 15) is 9.59 Å². The zero-order chi connectivity index (χ0) is 12.8. The Kier molecular flexibility index (Phi) is 5.15. The lowest BCUT2D eigenvalue weighted by Gasteiger charge is -2.24. The van der Waals surface area contributed by atoms with Crippen LogP contribution < -0.4 is 0 Å². The molecule has 0 radical (unpaired) electrons. The number of aliphatic hydroxyl groups is 1. The molecule has 0 saturated carbocycles. The van der Waals surface area contributed by atoms with E-state index in [4.69, 9.17) is 9.84 Å². The van der Waals surface area contributed by atoms with E-state index in [1.54, 1.807) is 6.08 Å². The smallest absolute Gasteiger partial charge is 0.416 e. The van der Waals surface area contributed by atoms with Crippen LogP contribution in [0.15, 0.2) is 12.7 Å². The van der Waals surface area contributed by atoms with Crippen molar-refractivity contribution in [1.29, 1.82) is 0 Å².